The van der Waals surface area contributed by atoms with Crippen molar-refractivity contribution in [1.29, 1.82) is 0 Å². The first-order chi connectivity index (χ1) is 10.9. The van der Waals surface area contributed by atoms with Gasteiger partial charge in [-0.3, -0.25) is 4.79 Å². The summed E-state index contributed by atoms with van der Waals surface area (Å²) in [6.07, 6.45) is 6.44. The molecule has 0 heterocycles. The number of amides is 1. The minimum Gasteiger partial charge on any atom is -0.452 e. The van der Waals surface area contributed by atoms with Crippen molar-refractivity contribution in [2.75, 3.05) is 12.9 Å². The lowest BCUT2D eigenvalue weighted by Gasteiger charge is -2.22. The van der Waals surface area contributed by atoms with Crippen molar-refractivity contribution in [3.05, 3.63) is 29.8 Å². The number of carbonyl (C=O) groups is 2. The maximum atomic E-state index is 11.9. The summed E-state index contributed by atoms with van der Waals surface area (Å²) in [5.41, 5.74) is 0.211. The minimum atomic E-state index is -3.30. The van der Waals surface area contributed by atoms with Gasteiger partial charge in [0.2, 0.25) is 0 Å². The minimum absolute atomic E-state index is 0.129. The van der Waals surface area contributed by atoms with E-state index in [1.165, 1.54) is 30.7 Å². The van der Waals surface area contributed by atoms with Crippen LogP contribution in [0.2, 0.25) is 0 Å². The number of benzene rings is 1. The number of nitrogens with one attached hydrogen (secondary N) is 1. The Bertz CT molecular complexity index is 660. The predicted octanol–water partition coefficient (Wildman–Crippen LogP) is 1.70. The Hall–Kier alpha value is -1.89. The van der Waals surface area contributed by atoms with Crippen LogP contribution < -0.4 is 5.32 Å². The Balaban J connectivity index is 1.83. The molecule has 0 atom stereocenters. The highest BCUT2D eigenvalue weighted by molar-refractivity contribution is 7.90. The summed E-state index contributed by atoms with van der Waals surface area (Å²) in [6.45, 7) is -0.330. The van der Waals surface area contributed by atoms with E-state index < -0.39 is 15.8 Å². The van der Waals surface area contributed by atoms with E-state index >= 15 is 0 Å². The summed E-state index contributed by atoms with van der Waals surface area (Å²) in [5.74, 6) is -0.957. The van der Waals surface area contributed by atoms with Gasteiger partial charge in [-0.25, -0.2) is 13.2 Å². The Kier molecular flexibility index (Phi) is 5.76. The topological polar surface area (TPSA) is 89.5 Å². The van der Waals surface area contributed by atoms with Crippen LogP contribution in [0.4, 0.5) is 0 Å². The van der Waals surface area contributed by atoms with Crippen molar-refractivity contribution in [1.82, 2.24) is 5.32 Å². The molecule has 23 heavy (non-hydrogen) atoms. The second-order valence-corrected chi connectivity index (χ2v) is 7.79. The quantitative estimate of drug-likeness (QED) is 0.825. The summed E-state index contributed by atoms with van der Waals surface area (Å²) in [4.78, 5) is 23.7. The molecule has 1 amide bonds. The number of carbonyl (C=O) groups excluding carboxylic acids is 2. The fraction of sp³-hybridized carbons (Fsp3) is 0.500. The van der Waals surface area contributed by atoms with Gasteiger partial charge in [0.15, 0.2) is 16.4 Å². The van der Waals surface area contributed by atoms with Crippen molar-refractivity contribution in [3.8, 4) is 0 Å². The van der Waals surface area contributed by atoms with Crippen LogP contribution in [0.3, 0.4) is 0 Å². The van der Waals surface area contributed by atoms with Gasteiger partial charge in [-0.1, -0.05) is 19.3 Å². The van der Waals surface area contributed by atoms with Gasteiger partial charge >= 0.3 is 5.97 Å². The molecule has 1 aromatic rings. The summed E-state index contributed by atoms with van der Waals surface area (Å²) in [7, 11) is -3.30. The zero-order chi connectivity index (χ0) is 16.9. The van der Waals surface area contributed by atoms with E-state index in [1.54, 1.807) is 0 Å². The predicted molar refractivity (Wildman–Crippen MR) is 84.9 cm³/mol. The lowest BCUT2D eigenvalue weighted by atomic mass is 9.95. The van der Waals surface area contributed by atoms with Gasteiger partial charge in [0.1, 0.15) is 0 Å². The molecule has 1 N–H and O–H groups in total. The Morgan fingerprint density at radius 3 is 2.30 bits per heavy atom. The molecule has 126 valence electrons. The molecule has 0 unspecified atom stereocenters. The summed E-state index contributed by atoms with van der Waals surface area (Å²) < 4.78 is 27.7. The van der Waals surface area contributed by atoms with Gasteiger partial charge < -0.3 is 10.1 Å². The normalized spacial score (nSPS) is 15.9. The third-order valence-corrected chi connectivity index (χ3v) is 4.95. The molecule has 0 spiro atoms. The molecule has 0 bridgehead atoms. The summed E-state index contributed by atoms with van der Waals surface area (Å²) >= 11 is 0. The smallest absolute Gasteiger partial charge is 0.338 e. The maximum Gasteiger partial charge on any atom is 0.338 e. The number of rotatable bonds is 5. The molecule has 1 saturated carbocycles. The first-order valence-corrected chi connectivity index (χ1v) is 9.52. The standard InChI is InChI=1S/C16H21NO5S/c1-23(20,21)14-9-7-12(8-10-14)16(19)22-11-15(18)17-13-5-3-2-4-6-13/h7-10,13H,2-6,11H2,1H3,(H,17,18). The molecule has 0 saturated heterocycles. The van der Waals surface area contributed by atoms with Gasteiger partial charge in [0.25, 0.3) is 5.91 Å². The average molecular weight is 339 g/mol. The molecule has 2 rings (SSSR count). The van der Waals surface area contributed by atoms with Crippen molar-refractivity contribution in [2.45, 2.75) is 43.0 Å². The highest BCUT2D eigenvalue weighted by Gasteiger charge is 2.17. The van der Waals surface area contributed by atoms with E-state index in [-0.39, 0.29) is 29.0 Å². The molecule has 6 nitrogen and oxygen atoms in total. The maximum absolute atomic E-state index is 11.9. The Labute approximate surface area is 136 Å². The van der Waals surface area contributed by atoms with Crippen LogP contribution in [0.1, 0.15) is 42.5 Å². The Morgan fingerprint density at radius 1 is 1.13 bits per heavy atom. The van der Waals surface area contributed by atoms with Gasteiger partial charge in [-0.2, -0.15) is 0 Å². The monoisotopic (exact) mass is 339 g/mol. The van der Waals surface area contributed by atoms with E-state index in [1.807, 2.05) is 0 Å². The van der Waals surface area contributed by atoms with Crippen LogP contribution in [0.15, 0.2) is 29.2 Å². The molecule has 0 aliphatic heterocycles. The van der Waals surface area contributed by atoms with Crippen LogP contribution in [-0.4, -0.2) is 39.2 Å². The van der Waals surface area contributed by atoms with Gasteiger partial charge in [0, 0.05) is 12.3 Å². The summed E-state index contributed by atoms with van der Waals surface area (Å²) in [6, 6.07) is 5.60. The molecule has 1 aliphatic carbocycles. The van der Waals surface area contributed by atoms with E-state index in [2.05, 4.69) is 5.32 Å². The number of esters is 1. The van der Waals surface area contributed by atoms with Crippen LogP contribution in [0.25, 0.3) is 0 Å². The first-order valence-electron chi connectivity index (χ1n) is 7.63. The third kappa shape index (κ3) is 5.35. The van der Waals surface area contributed by atoms with Crippen LogP contribution in [0, 0.1) is 0 Å². The molecule has 7 heteroatoms. The molecule has 1 fully saturated rings. The second-order valence-electron chi connectivity index (χ2n) is 5.78. The molecule has 1 aromatic carbocycles. The molecule has 0 aromatic heterocycles. The zero-order valence-electron chi connectivity index (χ0n) is 13.1. The van der Waals surface area contributed by atoms with Crippen molar-refractivity contribution in [2.24, 2.45) is 0 Å². The lowest BCUT2D eigenvalue weighted by Crippen LogP contribution is -2.38. The van der Waals surface area contributed by atoms with Crippen LogP contribution >= 0.6 is 0 Å². The fourth-order valence-corrected chi connectivity index (χ4v) is 3.20. The van der Waals surface area contributed by atoms with Crippen molar-refractivity contribution >= 4 is 21.7 Å². The number of sulfone groups is 1. The van der Waals surface area contributed by atoms with E-state index in [0.717, 1.165) is 31.9 Å². The molecular formula is C16H21NO5S. The van der Waals surface area contributed by atoms with E-state index in [9.17, 15) is 18.0 Å². The second kappa shape index (κ2) is 7.59. The lowest BCUT2D eigenvalue weighted by molar-refractivity contribution is -0.125. The number of hydrogen-bond acceptors (Lipinski definition) is 5. The van der Waals surface area contributed by atoms with Gasteiger partial charge in [0.05, 0.1) is 10.5 Å². The molecular weight excluding hydrogens is 318 g/mol. The van der Waals surface area contributed by atoms with Crippen LogP contribution in [-0.2, 0) is 19.4 Å². The van der Waals surface area contributed by atoms with E-state index in [0.29, 0.717) is 0 Å². The van der Waals surface area contributed by atoms with Crippen LogP contribution in [0.5, 0.6) is 0 Å². The van der Waals surface area contributed by atoms with Crippen molar-refractivity contribution < 1.29 is 22.7 Å². The third-order valence-electron chi connectivity index (χ3n) is 3.82. The average Bonchev–Trinajstić information content (AvgIpc) is 2.53. The largest absolute Gasteiger partial charge is 0.452 e. The highest BCUT2D eigenvalue weighted by atomic mass is 32.2. The van der Waals surface area contributed by atoms with E-state index in [4.69, 9.17) is 4.74 Å². The molecule has 0 radical (unpaired) electrons. The highest BCUT2D eigenvalue weighted by Crippen LogP contribution is 2.17. The zero-order valence-corrected chi connectivity index (χ0v) is 13.9. The number of hydrogen-bond donors (Lipinski definition) is 1. The van der Waals surface area contributed by atoms with Crippen molar-refractivity contribution in [3.63, 3.8) is 0 Å². The first kappa shape index (κ1) is 17.5. The van der Waals surface area contributed by atoms with Gasteiger partial charge in [-0.15, -0.1) is 0 Å². The van der Waals surface area contributed by atoms with Gasteiger partial charge in [-0.05, 0) is 37.1 Å². The Morgan fingerprint density at radius 2 is 1.74 bits per heavy atom. The summed E-state index contributed by atoms with van der Waals surface area (Å²) in [5, 5.41) is 2.86. The fourth-order valence-electron chi connectivity index (χ4n) is 2.57. The number of ether oxygens (including phenoxy) is 1. The molecule has 1 aliphatic rings. The SMILES string of the molecule is CS(=O)(=O)c1ccc(C(=O)OCC(=O)NC2CCCCC2)cc1.